The van der Waals surface area contributed by atoms with Gasteiger partial charge in [-0.25, -0.2) is 19.7 Å². The molecular weight excluding hydrogens is 439 g/mol. The maximum Gasteiger partial charge on any atom is 0.573 e. The Bertz CT molecular complexity index is 1070. The van der Waals surface area contributed by atoms with Gasteiger partial charge in [0.1, 0.15) is 5.82 Å². The molecule has 4 rings (SSSR count). The molecule has 1 aliphatic rings. The number of pyridine rings is 1. The van der Waals surface area contributed by atoms with E-state index in [0.29, 0.717) is 19.0 Å². The molecule has 1 fully saturated rings. The van der Waals surface area contributed by atoms with E-state index < -0.39 is 18.1 Å². The number of amides is 2. The number of nitrogens with zero attached hydrogens (tertiary/aromatic N) is 5. The van der Waals surface area contributed by atoms with E-state index in [1.165, 1.54) is 30.6 Å². The Morgan fingerprint density at radius 2 is 1.55 bits per heavy atom. The Hall–Kier alpha value is -4.09. The third-order valence-corrected chi connectivity index (χ3v) is 4.79. The van der Waals surface area contributed by atoms with E-state index in [4.69, 9.17) is 0 Å². The second kappa shape index (κ2) is 9.59. The molecule has 2 amide bonds. The van der Waals surface area contributed by atoms with Crippen LogP contribution in [0.2, 0.25) is 0 Å². The van der Waals surface area contributed by atoms with Crippen LogP contribution >= 0.6 is 0 Å². The van der Waals surface area contributed by atoms with E-state index in [-0.39, 0.29) is 11.4 Å². The molecule has 3 aromatic rings. The lowest BCUT2D eigenvalue weighted by atomic mass is 10.3. The molecular formula is C21H20F3N7O2. The Morgan fingerprint density at radius 1 is 0.879 bits per heavy atom. The molecule has 0 aliphatic carbocycles. The highest BCUT2D eigenvalue weighted by molar-refractivity contribution is 6.00. The number of rotatable bonds is 5. The molecule has 0 atom stereocenters. The fraction of sp³-hybridized carbons (Fsp3) is 0.238. The number of aromatic nitrogens is 3. The Balaban J connectivity index is 1.32. The van der Waals surface area contributed by atoms with Gasteiger partial charge in [0.05, 0.1) is 23.8 Å². The van der Waals surface area contributed by atoms with E-state index >= 15 is 0 Å². The second-order valence-corrected chi connectivity index (χ2v) is 7.06. The summed E-state index contributed by atoms with van der Waals surface area (Å²) in [6.07, 6.45) is -0.244. The van der Waals surface area contributed by atoms with Crippen LogP contribution in [0, 0.1) is 0 Å². The first-order valence-corrected chi connectivity index (χ1v) is 10.0. The maximum absolute atomic E-state index is 12.5. The lowest BCUT2D eigenvalue weighted by Crippen LogP contribution is -2.47. The number of ether oxygens (including phenoxy) is 1. The highest BCUT2D eigenvalue weighted by Crippen LogP contribution is 2.30. The Labute approximate surface area is 187 Å². The third kappa shape index (κ3) is 5.99. The molecule has 9 nitrogen and oxygen atoms in total. The maximum atomic E-state index is 12.5. The first-order valence-electron chi connectivity index (χ1n) is 10.0. The second-order valence-electron chi connectivity index (χ2n) is 7.06. The van der Waals surface area contributed by atoms with Gasteiger partial charge in [-0.1, -0.05) is 18.2 Å². The summed E-state index contributed by atoms with van der Waals surface area (Å²) in [7, 11) is 0. The van der Waals surface area contributed by atoms with Gasteiger partial charge in [0.2, 0.25) is 5.95 Å². The molecule has 2 aromatic heterocycles. The Kier molecular flexibility index (Phi) is 6.43. The van der Waals surface area contributed by atoms with Gasteiger partial charge >= 0.3 is 12.4 Å². The topological polar surface area (TPSA) is 95.5 Å². The number of benzene rings is 1. The minimum atomic E-state index is -4.87. The standard InChI is InChI=1S/C21H20F3N7O2/c22-21(23,24)33-17-6-2-1-5-16(17)29-20(32)28-15-13-26-19(27-14-15)31-11-9-30(10-12-31)18-7-3-4-8-25-18/h1-8,13-14H,9-12H2,(H2,28,29,32). The van der Waals surface area contributed by atoms with E-state index in [1.54, 1.807) is 6.20 Å². The highest BCUT2D eigenvalue weighted by Gasteiger charge is 2.32. The predicted octanol–water partition coefficient (Wildman–Crippen LogP) is 3.74. The van der Waals surface area contributed by atoms with Crippen molar-refractivity contribution >= 4 is 29.2 Å². The zero-order chi connectivity index (χ0) is 23.3. The minimum Gasteiger partial charge on any atom is -0.404 e. The number of urea groups is 1. The molecule has 2 N–H and O–H groups in total. The number of piperazine rings is 1. The molecule has 0 bridgehead atoms. The summed E-state index contributed by atoms with van der Waals surface area (Å²) in [5.74, 6) is 0.924. The zero-order valence-electron chi connectivity index (χ0n) is 17.3. The average Bonchev–Trinajstić information content (AvgIpc) is 2.81. The first-order chi connectivity index (χ1) is 15.9. The molecule has 1 aromatic carbocycles. The van der Waals surface area contributed by atoms with Crippen LogP contribution < -0.4 is 25.2 Å². The molecule has 1 aliphatic heterocycles. The molecule has 0 spiro atoms. The van der Waals surface area contributed by atoms with Crippen molar-refractivity contribution in [2.45, 2.75) is 6.36 Å². The van der Waals surface area contributed by atoms with Gasteiger partial charge in [-0.15, -0.1) is 13.2 Å². The van der Waals surface area contributed by atoms with Crippen LogP contribution in [-0.4, -0.2) is 53.5 Å². The van der Waals surface area contributed by atoms with Crippen molar-refractivity contribution in [2.24, 2.45) is 0 Å². The van der Waals surface area contributed by atoms with Gasteiger partial charge < -0.3 is 25.2 Å². The van der Waals surface area contributed by atoms with Crippen molar-refractivity contribution < 1.29 is 22.7 Å². The number of hydrogen-bond acceptors (Lipinski definition) is 7. The molecule has 3 heterocycles. The molecule has 0 unspecified atom stereocenters. The Morgan fingerprint density at radius 3 is 2.21 bits per heavy atom. The summed E-state index contributed by atoms with van der Waals surface area (Å²) in [4.78, 5) is 29.4. The van der Waals surface area contributed by atoms with Gasteiger partial charge in [0.25, 0.3) is 0 Å². The molecule has 33 heavy (non-hydrogen) atoms. The van der Waals surface area contributed by atoms with Crippen molar-refractivity contribution in [1.29, 1.82) is 0 Å². The van der Waals surface area contributed by atoms with Gasteiger partial charge in [-0.3, -0.25) is 0 Å². The van der Waals surface area contributed by atoms with E-state index in [2.05, 4.69) is 35.2 Å². The van der Waals surface area contributed by atoms with Crippen LogP contribution in [-0.2, 0) is 0 Å². The number of carbonyl (C=O) groups excluding carboxylic acids is 1. The van der Waals surface area contributed by atoms with Crippen LogP contribution in [0.4, 0.5) is 41.1 Å². The van der Waals surface area contributed by atoms with Crippen molar-refractivity contribution in [1.82, 2.24) is 15.0 Å². The zero-order valence-corrected chi connectivity index (χ0v) is 17.3. The predicted molar refractivity (Wildman–Crippen MR) is 116 cm³/mol. The summed E-state index contributed by atoms with van der Waals surface area (Å²) in [6.45, 7) is 2.95. The van der Waals surface area contributed by atoms with E-state index in [9.17, 15) is 18.0 Å². The summed E-state index contributed by atoms with van der Waals surface area (Å²) in [5, 5.41) is 4.82. The number of halogens is 3. The quantitative estimate of drug-likeness (QED) is 0.600. The highest BCUT2D eigenvalue weighted by atomic mass is 19.4. The van der Waals surface area contributed by atoms with Crippen molar-refractivity contribution in [3.8, 4) is 5.75 Å². The van der Waals surface area contributed by atoms with Crippen LogP contribution in [0.25, 0.3) is 0 Å². The van der Waals surface area contributed by atoms with Gasteiger partial charge in [0, 0.05) is 32.4 Å². The smallest absolute Gasteiger partial charge is 0.404 e. The summed E-state index contributed by atoms with van der Waals surface area (Å²) < 4.78 is 41.5. The number of carbonyl (C=O) groups is 1. The monoisotopic (exact) mass is 459 g/mol. The molecule has 172 valence electrons. The normalized spacial score (nSPS) is 14.0. The van der Waals surface area contributed by atoms with Crippen molar-refractivity contribution in [3.63, 3.8) is 0 Å². The first kappa shape index (κ1) is 22.1. The van der Waals surface area contributed by atoms with Crippen LogP contribution in [0.3, 0.4) is 0 Å². The lowest BCUT2D eigenvalue weighted by Gasteiger charge is -2.35. The van der Waals surface area contributed by atoms with Gasteiger partial charge in [-0.05, 0) is 24.3 Å². The number of para-hydroxylation sites is 2. The molecule has 12 heteroatoms. The van der Waals surface area contributed by atoms with Crippen molar-refractivity contribution in [3.05, 3.63) is 61.1 Å². The van der Waals surface area contributed by atoms with E-state index in [0.717, 1.165) is 25.0 Å². The third-order valence-electron chi connectivity index (χ3n) is 4.79. The molecule has 0 radical (unpaired) electrons. The summed E-state index contributed by atoms with van der Waals surface area (Å²) in [5.41, 5.74) is 0.160. The lowest BCUT2D eigenvalue weighted by molar-refractivity contribution is -0.274. The molecule has 0 saturated carbocycles. The number of nitrogens with one attached hydrogen (secondary N) is 2. The number of hydrogen-bond donors (Lipinski definition) is 2. The van der Waals surface area contributed by atoms with Gasteiger partial charge in [0.15, 0.2) is 5.75 Å². The fourth-order valence-electron chi connectivity index (χ4n) is 3.29. The fourth-order valence-corrected chi connectivity index (χ4v) is 3.29. The largest absolute Gasteiger partial charge is 0.573 e. The summed E-state index contributed by atoms with van der Waals surface area (Å²) in [6, 6.07) is 10.3. The van der Waals surface area contributed by atoms with Crippen LogP contribution in [0.15, 0.2) is 61.1 Å². The van der Waals surface area contributed by atoms with Crippen LogP contribution in [0.5, 0.6) is 5.75 Å². The average molecular weight is 459 g/mol. The van der Waals surface area contributed by atoms with Gasteiger partial charge in [-0.2, -0.15) is 0 Å². The minimum absolute atomic E-state index is 0.129. The summed E-state index contributed by atoms with van der Waals surface area (Å²) >= 11 is 0. The van der Waals surface area contributed by atoms with Crippen molar-refractivity contribution in [2.75, 3.05) is 46.6 Å². The van der Waals surface area contributed by atoms with E-state index in [1.807, 2.05) is 23.1 Å². The molecule has 1 saturated heterocycles. The number of alkyl halides is 3. The van der Waals surface area contributed by atoms with Crippen LogP contribution in [0.1, 0.15) is 0 Å². The number of anilines is 4. The SMILES string of the molecule is O=C(Nc1cnc(N2CCN(c3ccccn3)CC2)nc1)Nc1ccccc1OC(F)(F)F.